The van der Waals surface area contributed by atoms with Crippen LogP contribution in [0.4, 0.5) is 11.6 Å². The number of aromatic nitrogens is 2. The van der Waals surface area contributed by atoms with Gasteiger partial charge in [0.05, 0.1) is 11.1 Å². The van der Waals surface area contributed by atoms with Gasteiger partial charge in [0.25, 0.3) is 11.8 Å². The molecule has 0 bridgehead atoms. The Morgan fingerprint density at radius 2 is 1.38 bits per heavy atom. The fourth-order valence-corrected chi connectivity index (χ4v) is 4.72. The van der Waals surface area contributed by atoms with E-state index in [4.69, 9.17) is 0 Å². The number of hydrogen-bond donors (Lipinski definition) is 0. The maximum absolute atomic E-state index is 13.1. The number of carbonyl (C=O) groups excluding carboxylic acids is 3. The Bertz CT molecular complexity index is 1020. The minimum absolute atomic E-state index is 0.209. The van der Waals surface area contributed by atoms with Crippen molar-refractivity contribution in [1.29, 1.82) is 0 Å². The molecular formula is C23H26N6O3. The van der Waals surface area contributed by atoms with Crippen LogP contribution in [0.25, 0.3) is 0 Å². The van der Waals surface area contributed by atoms with Crippen molar-refractivity contribution in [2.75, 3.05) is 49.1 Å². The van der Waals surface area contributed by atoms with Crippen LogP contribution in [-0.4, -0.2) is 82.8 Å². The molecule has 2 fully saturated rings. The Balaban J connectivity index is 1.23. The summed E-state index contributed by atoms with van der Waals surface area (Å²) in [5.74, 6) is 0.799. The number of nitrogens with zero attached hydrogens (tertiary/aromatic N) is 6. The molecule has 9 nitrogen and oxygen atoms in total. The zero-order valence-electron chi connectivity index (χ0n) is 18.1. The molecule has 5 rings (SSSR count). The lowest BCUT2D eigenvalue weighted by molar-refractivity contribution is -0.135. The van der Waals surface area contributed by atoms with E-state index in [1.807, 2.05) is 6.07 Å². The van der Waals surface area contributed by atoms with Crippen molar-refractivity contribution in [3.63, 3.8) is 0 Å². The van der Waals surface area contributed by atoms with Crippen molar-refractivity contribution in [2.24, 2.45) is 0 Å². The van der Waals surface area contributed by atoms with Crippen molar-refractivity contribution in [3.05, 3.63) is 47.8 Å². The molecular weight excluding hydrogens is 408 g/mol. The Morgan fingerprint density at radius 1 is 0.844 bits per heavy atom. The fourth-order valence-electron chi connectivity index (χ4n) is 4.72. The van der Waals surface area contributed by atoms with E-state index in [1.54, 1.807) is 42.4 Å². The lowest BCUT2D eigenvalue weighted by atomic mass is 10.1. The molecule has 0 radical (unpaired) electrons. The van der Waals surface area contributed by atoms with Crippen LogP contribution in [0.3, 0.4) is 0 Å². The number of amides is 3. The van der Waals surface area contributed by atoms with Gasteiger partial charge in [0.1, 0.15) is 24.0 Å². The quantitative estimate of drug-likeness (QED) is 0.672. The molecule has 1 aromatic heterocycles. The second kappa shape index (κ2) is 8.22. The predicted molar refractivity (Wildman–Crippen MR) is 119 cm³/mol. The molecule has 1 atom stereocenters. The molecule has 1 aromatic carbocycles. The predicted octanol–water partition coefficient (Wildman–Crippen LogP) is 1.41. The van der Waals surface area contributed by atoms with Gasteiger partial charge in [-0.15, -0.1) is 0 Å². The van der Waals surface area contributed by atoms with E-state index < -0.39 is 17.9 Å². The van der Waals surface area contributed by atoms with E-state index in [0.717, 1.165) is 29.6 Å². The Labute approximate surface area is 186 Å². The number of rotatable bonds is 4. The first-order valence-electron chi connectivity index (χ1n) is 11.1. The summed E-state index contributed by atoms with van der Waals surface area (Å²) in [4.78, 5) is 54.7. The molecule has 0 N–H and O–H groups in total. The minimum Gasteiger partial charge on any atom is -0.356 e. The maximum atomic E-state index is 13.1. The molecule has 32 heavy (non-hydrogen) atoms. The van der Waals surface area contributed by atoms with Crippen LogP contribution < -0.4 is 9.80 Å². The molecule has 0 spiro atoms. The fraction of sp³-hybridized carbons (Fsp3) is 0.435. The van der Waals surface area contributed by atoms with Crippen LogP contribution in [0.5, 0.6) is 0 Å². The van der Waals surface area contributed by atoms with Crippen molar-refractivity contribution >= 4 is 29.4 Å². The van der Waals surface area contributed by atoms with Gasteiger partial charge in [0.15, 0.2) is 0 Å². The Kier molecular flexibility index (Phi) is 5.24. The number of benzene rings is 1. The molecule has 9 heteroatoms. The molecule has 0 saturated carbocycles. The number of fused-ring (bicyclic) bond motifs is 1. The highest BCUT2D eigenvalue weighted by atomic mass is 16.2. The maximum Gasteiger partial charge on any atom is 0.262 e. The molecule has 2 saturated heterocycles. The topological polar surface area (TPSA) is 90.0 Å². The summed E-state index contributed by atoms with van der Waals surface area (Å²) in [5.41, 5.74) is 0.721. The second-order valence-electron chi connectivity index (χ2n) is 8.44. The molecule has 3 aliphatic rings. The van der Waals surface area contributed by atoms with E-state index in [2.05, 4.69) is 19.8 Å². The molecule has 1 unspecified atom stereocenters. The van der Waals surface area contributed by atoms with E-state index >= 15 is 0 Å². The third kappa shape index (κ3) is 3.47. The SMILES string of the molecule is CC(C(=O)N1CCN(c2cc(N3CCCC3)ncn2)CC1)N1C(=O)c2ccccc2C1=O. The summed E-state index contributed by atoms with van der Waals surface area (Å²) >= 11 is 0. The molecule has 166 valence electrons. The van der Waals surface area contributed by atoms with Gasteiger partial charge in [-0.05, 0) is 31.9 Å². The summed E-state index contributed by atoms with van der Waals surface area (Å²) in [6.45, 7) is 5.96. The highest BCUT2D eigenvalue weighted by molar-refractivity contribution is 6.22. The smallest absolute Gasteiger partial charge is 0.262 e. The van der Waals surface area contributed by atoms with Gasteiger partial charge in [-0.3, -0.25) is 19.3 Å². The van der Waals surface area contributed by atoms with Gasteiger partial charge in [0, 0.05) is 45.3 Å². The number of imide groups is 1. The number of anilines is 2. The number of piperazine rings is 1. The van der Waals surface area contributed by atoms with Gasteiger partial charge in [-0.25, -0.2) is 9.97 Å². The first kappa shape index (κ1) is 20.4. The van der Waals surface area contributed by atoms with E-state index in [1.165, 1.54) is 12.8 Å². The third-order valence-corrected chi connectivity index (χ3v) is 6.55. The van der Waals surface area contributed by atoms with Crippen LogP contribution in [-0.2, 0) is 4.79 Å². The van der Waals surface area contributed by atoms with Gasteiger partial charge in [-0.2, -0.15) is 0 Å². The van der Waals surface area contributed by atoms with Crippen LogP contribution in [0.1, 0.15) is 40.5 Å². The molecule has 4 heterocycles. The zero-order valence-corrected chi connectivity index (χ0v) is 18.1. The highest BCUT2D eigenvalue weighted by Crippen LogP contribution is 2.26. The minimum atomic E-state index is -0.838. The largest absolute Gasteiger partial charge is 0.356 e. The van der Waals surface area contributed by atoms with E-state index in [9.17, 15) is 14.4 Å². The lowest BCUT2D eigenvalue weighted by Gasteiger charge is -2.37. The monoisotopic (exact) mass is 434 g/mol. The van der Waals surface area contributed by atoms with Gasteiger partial charge < -0.3 is 14.7 Å². The molecule has 3 aliphatic heterocycles. The average Bonchev–Trinajstić information content (AvgIpc) is 3.46. The summed E-state index contributed by atoms with van der Waals surface area (Å²) in [6.07, 6.45) is 3.97. The molecule has 2 aromatic rings. The van der Waals surface area contributed by atoms with Crippen molar-refractivity contribution in [2.45, 2.75) is 25.8 Å². The van der Waals surface area contributed by atoms with E-state index in [-0.39, 0.29) is 5.91 Å². The zero-order chi connectivity index (χ0) is 22.2. The second-order valence-corrected chi connectivity index (χ2v) is 8.44. The Hall–Kier alpha value is -3.49. The van der Waals surface area contributed by atoms with Crippen LogP contribution >= 0.6 is 0 Å². The summed E-state index contributed by atoms with van der Waals surface area (Å²) in [6, 6.07) is 7.88. The first-order chi connectivity index (χ1) is 15.5. The summed E-state index contributed by atoms with van der Waals surface area (Å²) in [5, 5.41) is 0. The van der Waals surface area contributed by atoms with Crippen molar-refractivity contribution in [1.82, 2.24) is 19.8 Å². The van der Waals surface area contributed by atoms with Crippen molar-refractivity contribution in [3.8, 4) is 0 Å². The summed E-state index contributed by atoms with van der Waals surface area (Å²) in [7, 11) is 0. The van der Waals surface area contributed by atoms with Gasteiger partial charge in [0.2, 0.25) is 5.91 Å². The lowest BCUT2D eigenvalue weighted by Crippen LogP contribution is -2.55. The highest BCUT2D eigenvalue weighted by Gasteiger charge is 2.42. The van der Waals surface area contributed by atoms with Gasteiger partial charge in [-0.1, -0.05) is 12.1 Å². The normalized spacial score (nSPS) is 19.5. The average molecular weight is 435 g/mol. The number of carbonyl (C=O) groups is 3. The van der Waals surface area contributed by atoms with E-state index in [0.29, 0.717) is 37.3 Å². The van der Waals surface area contributed by atoms with Crippen LogP contribution in [0.2, 0.25) is 0 Å². The van der Waals surface area contributed by atoms with Crippen molar-refractivity contribution < 1.29 is 14.4 Å². The molecule has 3 amide bonds. The van der Waals surface area contributed by atoms with Crippen LogP contribution in [0.15, 0.2) is 36.7 Å². The van der Waals surface area contributed by atoms with Gasteiger partial charge >= 0.3 is 0 Å². The first-order valence-corrected chi connectivity index (χ1v) is 11.1. The van der Waals surface area contributed by atoms with Crippen LogP contribution in [0, 0.1) is 0 Å². The number of hydrogen-bond acceptors (Lipinski definition) is 7. The standard InChI is InChI=1S/C23H26N6O3/c1-16(29-22(31)17-6-2-3-7-18(17)23(29)32)21(30)28-12-10-27(11-13-28)20-14-19(24-15-25-20)26-8-4-5-9-26/h2-3,6-7,14-16H,4-5,8-13H2,1H3. The third-order valence-electron chi connectivity index (χ3n) is 6.55. The summed E-state index contributed by atoms with van der Waals surface area (Å²) < 4.78 is 0. The molecule has 0 aliphatic carbocycles. The Morgan fingerprint density at radius 3 is 1.94 bits per heavy atom.